The van der Waals surface area contributed by atoms with Gasteiger partial charge in [-0.15, -0.1) is 0 Å². The minimum atomic E-state index is -0.163. The summed E-state index contributed by atoms with van der Waals surface area (Å²) in [5.74, 6) is -0.162. The van der Waals surface area contributed by atoms with Crippen molar-refractivity contribution in [3.05, 3.63) is 29.6 Å². The van der Waals surface area contributed by atoms with Crippen LogP contribution in [0, 0.1) is 5.82 Å². The van der Waals surface area contributed by atoms with Gasteiger partial charge in [-0.25, -0.2) is 9.18 Å². The molecule has 0 unspecified atom stereocenters. The molecule has 0 aromatic heterocycles. The number of urea groups is 1. The summed E-state index contributed by atoms with van der Waals surface area (Å²) >= 11 is 0. The average Bonchev–Trinajstić information content (AvgIpc) is 3.34. The van der Waals surface area contributed by atoms with Gasteiger partial charge in [-0.05, 0) is 63.7 Å². The molecule has 152 valence electrons. The fourth-order valence-electron chi connectivity index (χ4n) is 5.81. The molecule has 5 nitrogen and oxygen atoms in total. The molecule has 0 atom stereocenters. The zero-order chi connectivity index (χ0) is 19.2. The number of anilines is 1. The summed E-state index contributed by atoms with van der Waals surface area (Å²) in [6.07, 6.45) is 7.45. The highest BCUT2D eigenvalue weighted by Gasteiger charge is 2.50. The summed E-state index contributed by atoms with van der Waals surface area (Å²) in [6.45, 7) is 4.98. The maximum Gasteiger partial charge on any atom is 0.321 e. The van der Waals surface area contributed by atoms with Crippen LogP contribution in [0.25, 0.3) is 0 Å². The van der Waals surface area contributed by atoms with Crippen LogP contribution in [0.2, 0.25) is 0 Å². The highest BCUT2D eigenvalue weighted by atomic mass is 19.1. The third kappa shape index (κ3) is 2.84. The maximum atomic E-state index is 14.6. The van der Waals surface area contributed by atoms with Crippen LogP contribution in [0.5, 0.6) is 0 Å². The summed E-state index contributed by atoms with van der Waals surface area (Å²) in [5.41, 5.74) is 1.36. The lowest BCUT2D eigenvalue weighted by atomic mass is 9.65. The molecule has 2 saturated heterocycles. The molecule has 1 spiro atoms. The number of nitrogens with zero attached hydrogens (tertiary/aromatic N) is 2. The minimum absolute atomic E-state index is 0.00303. The number of carbonyl (C=O) groups is 1. The quantitative estimate of drug-likeness (QED) is 0.864. The van der Waals surface area contributed by atoms with Crippen molar-refractivity contribution in [1.82, 2.24) is 10.2 Å². The van der Waals surface area contributed by atoms with Crippen LogP contribution < -0.4 is 10.2 Å². The fraction of sp³-hybridized carbons (Fsp3) is 0.682. The van der Waals surface area contributed by atoms with E-state index in [1.165, 1.54) is 18.9 Å². The molecule has 6 heteroatoms. The van der Waals surface area contributed by atoms with Crippen LogP contribution in [-0.2, 0) is 10.2 Å². The molecule has 1 N–H and O–H groups in total. The van der Waals surface area contributed by atoms with Crippen molar-refractivity contribution in [2.75, 3.05) is 44.3 Å². The zero-order valence-electron chi connectivity index (χ0n) is 16.5. The highest BCUT2D eigenvalue weighted by molar-refractivity contribution is 5.95. The molecule has 1 aromatic rings. The van der Waals surface area contributed by atoms with Gasteiger partial charge in [0.15, 0.2) is 0 Å². The van der Waals surface area contributed by atoms with Gasteiger partial charge in [0.05, 0.1) is 5.69 Å². The van der Waals surface area contributed by atoms with Crippen molar-refractivity contribution in [2.24, 2.45) is 0 Å². The first-order valence-electron chi connectivity index (χ1n) is 10.8. The molecule has 1 aromatic carbocycles. The molecule has 1 saturated carbocycles. The Morgan fingerprint density at radius 3 is 2.54 bits per heavy atom. The van der Waals surface area contributed by atoms with Crippen LogP contribution in [-0.4, -0.2) is 55.9 Å². The molecule has 3 heterocycles. The SMILES string of the molecule is O=C(NCC1(N2CCCC2)CCOCC1)N1CC2(CCC2)c2c(F)cccc21. The summed E-state index contributed by atoms with van der Waals surface area (Å²) < 4.78 is 20.2. The van der Waals surface area contributed by atoms with Gasteiger partial charge in [-0.3, -0.25) is 9.80 Å². The Kier molecular flexibility index (Phi) is 4.59. The van der Waals surface area contributed by atoms with Crippen LogP contribution in [0.15, 0.2) is 18.2 Å². The van der Waals surface area contributed by atoms with Gasteiger partial charge >= 0.3 is 6.03 Å². The second-order valence-corrected chi connectivity index (χ2v) is 9.04. The van der Waals surface area contributed by atoms with Crippen molar-refractivity contribution in [2.45, 2.75) is 55.9 Å². The number of ether oxygens (including phenoxy) is 1. The molecule has 4 aliphatic rings. The Morgan fingerprint density at radius 1 is 1.11 bits per heavy atom. The van der Waals surface area contributed by atoms with E-state index in [9.17, 15) is 9.18 Å². The van der Waals surface area contributed by atoms with E-state index in [0.717, 1.165) is 69.7 Å². The molecule has 0 bridgehead atoms. The number of hydrogen-bond acceptors (Lipinski definition) is 3. The van der Waals surface area contributed by atoms with Gasteiger partial charge in [0.1, 0.15) is 5.82 Å². The van der Waals surface area contributed by atoms with Crippen LogP contribution in [0.3, 0.4) is 0 Å². The minimum Gasteiger partial charge on any atom is -0.381 e. The standard InChI is InChI=1S/C22H30FN3O2/c23-17-5-3-6-18-19(17)21(7-4-8-21)16-26(18)20(27)24-15-22(9-13-28-14-10-22)25-11-1-2-12-25/h3,5-6H,1-2,4,7-16H2,(H,24,27). The van der Waals surface area contributed by atoms with Crippen LogP contribution in [0.4, 0.5) is 14.9 Å². The van der Waals surface area contributed by atoms with E-state index in [0.29, 0.717) is 13.1 Å². The normalized spacial score (nSPS) is 25.5. The Bertz CT molecular complexity index is 752. The molecular weight excluding hydrogens is 357 g/mol. The summed E-state index contributed by atoms with van der Waals surface area (Å²) in [4.78, 5) is 17.5. The largest absolute Gasteiger partial charge is 0.381 e. The lowest BCUT2D eigenvalue weighted by Crippen LogP contribution is -2.59. The number of halogens is 1. The third-order valence-corrected chi connectivity index (χ3v) is 7.60. The topological polar surface area (TPSA) is 44.8 Å². The Morgan fingerprint density at radius 2 is 1.86 bits per heavy atom. The van der Waals surface area contributed by atoms with Gasteiger partial charge in [-0.1, -0.05) is 12.5 Å². The third-order valence-electron chi connectivity index (χ3n) is 7.60. The first-order valence-corrected chi connectivity index (χ1v) is 10.8. The zero-order valence-corrected chi connectivity index (χ0v) is 16.5. The highest BCUT2D eigenvalue weighted by Crippen LogP contribution is 2.53. The number of carbonyl (C=O) groups excluding carboxylic acids is 1. The van der Waals surface area contributed by atoms with Crippen molar-refractivity contribution in [3.8, 4) is 0 Å². The number of benzene rings is 1. The van der Waals surface area contributed by atoms with Gasteiger partial charge in [0.2, 0.25) is 0 Å². The summed E-state index contributed by atoms with van der Waals surface area (Å²) in [7, 11) is 0. The van der Waals surface area contributed by atoms with Gasteiger partial charge in [0.25, 0.3) is 0 Å². The molecule has 3 fully saturated rings. The first-order chi connectivity index (χ1) is 13.6. The van der Waals surface area contributed by atoms with Crippen molar-refractivity contribution < 1.29 is 13.9 Å². The van der Waals surface area contributed by atoms with E-state index < -0.39 is 0 Å². The molecule has 2 amide bonds. The number of rotatable bonds is 3. The molecular formula is C22H30FN3O2. The first kappa shape index (κ1) is 18.4. The number of nitrogens with one attached hydrogen (secondary N) is 1. The van der Waals surface area contributed by atoms with Gasteiger partial charge in [-0.2, -0.15) is 0 Å². The average molecular weight is 387 g/mol. The molecule has 3 aliphatic heterocycles. The number of amides is 2. The second-order valence-electron chi connectivity index (χ2n) is 9.04. The van der Waals surface area contributed by atoms with E-state index in [1.807, 2.05) is 6.07 Å². The second kappa shape index (κ2) is 6.99. The number of likely N-dealkylation sites (tertiary alicyclic amines) is 1. The lowest BCUT2D eigenvalue weighted by molar-refractivity contribution is -0.0170. The Balaban J connectivity index is 1.34. The predicted molar refractivity (Wildman–Crippen MR) is 106 cm³/mol. The monoisotopic (exact) mass is 387 g/mol. The van der Waals surface area contributed by atoms with E-state index in [1.54, 1.807) is 11.0 Å². The smallest absolute Gasteiger partial charge is 0.321 e. The molecule has 5 rings (SSSR count). The van der Waals surface area contributed by atoms with E-state index in [4.69, 9.17) is 4.74 Å². The van der Waals surface area contributed by atoms with Crippen molar-refractivity contribution >= 4 is 11.7 Å². The van der Waals surface area contributed by atoms with E-state index in [2.05, 4.69) is 10.2 Å². The van der Waals surface area contributed by atoms with Crippen molar-refractivity contribution in [3.63, 3.8) is 0 Å². The fourth-order valence-corrected chi connectivity index (χ4v) is 5.81. The maximum absolute atomic E-state index is 14.6. The van der Waals surface area contributed by atoms with Crippen LogP contribution in [0.1, 0.15) is 50.5 Å². The number of fused-ring (bicyclic) bond motifs is 2. The lowest BCUT2D eigenvalue weighted by Gasteiger charge is -2.45. The van der Waals surface area contributed by atoms with Crippen LogP contribution >= 0.6 is 0 Å². The van der Waals surface area contributed by atoms with E-state index in [-0.39, 0.29) is 22.8 Å². The molecule has 1 aliphatic carbocycles. The Hall–Kier alpha value is -1.66. The number of hydrogen-bond donors (Lipinski definition) is 1. The van der Waals surface area contributed by atoms with Gasteiger partial charge < -0.3 is 10.1 Å². The molecule has 28 heavy (non-hydrogen) atoms. The Labute approximate surface area is 166 Å². The summed E-state index contributed by atoms with van der Waals surface area (Å²) in [6, 6.07) is 5.07. The van der Waals surface area contributed by atoms with E-state index >= 15 is 0 Å². The predicted octanol–water partition coefficient (Wildman–Crippen LogP) is 3.42. The van der Waals surface area contributed by atoms with Crippen molar-refractivity contribution in [1.29, 1.82) is 0 Å². The molecule has 0 radical (unpaired) electrons. The van der Waals surface area contributed by atoms with Gasteiger partial charge in [0, 0.05) is 42.8 Å². The summed E-state index contributed by atoms with van der Waals surface area (Å²) in [5, 5.41) is 3.23.